The van der Waals surface area contributed by atoms with Crippen molar-refractivity contribution in [2.45, 2.75) is 6.42 Å². The first-order valence-corrected chi connectivity index (χ1v) is 6.64. The minimum atomic E-state index is -2.96. The topological polar surface area (TPSA) is 74.7 Å². The Kier molecular flexibility index (Phi) is 6.19. The lowest BCUT2D eigenvalue weighted by molar-refractivity contribution is -0.138. The van der Waals surface area contributed by atoms with Crippen LogP contribution in [-0.2, 0) is 14.6 Å². The Morgan fingerprint density at radius 1 is 1.53 bits per heavy atom. The van der Waals surface area contributed by atoms with E-state index < -0.39 is 15.8 Å². The van der Waals surface area contributed by atoms with Gasteiger partial charge in [-0.3, -0.25) is 9.69 Å². The number of carboxylic acid groups (broad SMARTS) is 1. The molecule has 0 aliphatic rings. The number of hydrogen-bond donors (Lipinski definition) is 1. The molecule has 0 rings (SSSR count). The molecule has 15 heavy (non-hydrogen) atoms. The van der Waals surface area contributed by atoms with Crippen molar-refractivity contribution in [3.05, 3.63) is 12.7 Å². The number of sulfone groups is 1. The number of carboxylic acids is 1. The second-order valence-electron chi connectivity index (χ2n) is 3.40. The first kappa shape index (κ1) is 14.1. The number of rotatable bonds is 8. The molecule has 0 unspecified atom stereocenters. The molecule has 0 saturated carbocycles. The maximum absolute atomic E-state index is 10.8. The van der Waals surface area contributed by atoms with Crippen molar-refractivity contribution >= 4 is 15.8 Å². The van der Waals surface area contributed by atoms with Gasteiger partial charge < -0.3 is 5.11 Å². The summed E-state index contributed by atoms with van der Waals surface area (Å²) in [5, 5.41) is 8.58. The highest BCUT2D eigenvalue weighted by Crippen LogP contribution is 1.95. The quantitative estimate of drug-likeness (QED) is 0.599. The molecule has 0 aliphatic heterocycles. The first-order chi connectivity index (χ1) is 6.85. The predicted octanol–water partition coefficient (Wildman–Crippen LogP) is -0.00630. The van der Waals surface area contributed by atoms with Gasteiger partial charge in [-0.1, -0.05) is 6.08 Å². The molecule has 0 atom stereocenters. The normalized spacial score (nSPS) is 11.6. The molecule has 88 valence electrons. The fraction of sp³-hybridized carbons (Fsp3) is 0.667. The molecule has 0 saturated heterocycles. The van der Waals surface area contributed by atoms with Gasteiger partial charge in [0.1, 0.15) is 9.84 Å². The highest BCUT2D eigenvalue weighted by molar-refractivity contribution is 7.90. The van der Waals surface area contributed by atoms with Crippen LogP contribution in [0.3, 0.4) is 0 Å². The highest BCUT2D eigenvalue weighted by atomic mass is 32.2. The molecule has 0 radical (unpaired) electrons. The van der Waals surface area contributed by atoms with Gasteiger partial charge in [0, 0.05) is 19.3 Å². The van der Waals surface area contributed by atoms with Crippen molar-refractivity contribution in [2.75, 3.05) is 31.6 Å². The van der Waals surface area contributed by atoms with Crippen molar-refractivity contribution in [2.24, 2.45) is 0 Å². The fourth-order valence-electron chi connectivity index (χ4n) is 1.16. The van der Waals surface area contributed by atoms with Gasteiger partial charge in [0.15, 0.2) is 0 Å². The Bertz CT molecular complexity index is 310. The van der Waals surface area contributed by atoms with Crippen LogP contribution in [0.5, 0.6) is 0 Å². The first-order valence-electron chi connectivity index (χ1n) is 4.58. The van der Waals surface area contributed by atoms with Gasteiger partial charge in [0.25, 0.3) is 0 Å². The van der Waals surface area contributed by atoms with Gasteiger partial charge in [-0.05, 0) is 6.42 Å². The van der Waals surface area contributed by atoms with Crippen LogP contribution < -0.4 is 0 Å². The zero-order valence-corrected chi connectivity index (χ0v) is 9.66. The van der Waals surface area contributed by atoms with Crippen LogP contribution >= 0.6 is 0 Å². The third kappa shape index (κ3) is 9.42. The zero-order valence-electron chi connectivity index (χ0n) is 8.85. The molecule has 0 aromatic rings. The average Bonchev–Trinajstić information content (AvgIpc) is 2.00. The van der Waals surface area contributed by atoms with Crippen LogP contribution in [0.1, 0.15) is 6.42 Å². The van der Waals surface area contributed by atoms with Crippen LogP contribution in [0.15, 0.2) is 12.7 Å². The molecule has 0 heterocycles. The predicted molar refractivity (Wildman–Crippen MR) is 58.6 cm³/mol. The second kappa shape index (κ2) is 6.58. The minimum absolute atomic E-state index is 0.0836. The van der Waals surface area contributed by atoms with Gasteiger partial charge in [0.2, 0.25) is 0 Å². The third-order valence-electron chi connectivity index (χ3n) is 1.74. The summed E-state index contributed by atoms with van der Waals surface area (Å²) in [6.07, 6.45) is 3.21. The van der Waals surface area contributed by atoms with Crippen LogP contribution in [-0.4, -0.2) is 56.0 Å². The molecule has 1 N–H and O–H groups in total. The van der Waals surface area contributed by atoms with Gasteiger partial charge in [-0.15, -0.1) is 6.58 Å². The third-order valence-corrected chi connectivity index (χ3v) is 2.77. The largest absolute Gasteiger partial charge is 0.480 e. The zero-order chi connectivity index (χ0) is 11.9. The van der Waals surface area contributed by atoms with E-state index >= 15 is 0 Å². The highest BCUT2D eigenvalue weighted by Gasteiger charge is 2.09. The molecular formula is C9H17NO4S. The van der Waals surface area contributed by atoms with Crippen molar-refractivity contribution in [3.63, 3.8) is 0 Å². The molecule has 0 aliphatic carbocycles. The molecular weight excluding hydrogens is 218 g/mol. The maximum Gasteiger partial charge on any atom is 0.317 e. The van der Waals surface area contributed by atoms with E-state index in [-0.39, 0.29) is 12.3 Å². The Labute approximate surface area is 90.3 Å². The number of hydrogen-bond acceptors (Lipinski definition) is 4. The van der Waals surface area contributed by atoms with E-state index in [0.717, 1.165) is 0 Å². The van der Waals surface area contributed by atoms with E-state index in [2.05, 4.69) is 6.58 Å². The summed E-state index contributed by atoms with van der Waals surface area (Å²) in [6.45, 7) is 4.33. The maximum atomic E-state index is 10.8. The molecule has 0 spiro atoms. The molecule has 5 nitrogen and oxygen atoms in total. The fourth-order valence-corrected chi connectivity index (χ4v) is 1.81. The Balaban J connectivity index is 3.95. The summed E-state index contributed by atoms with van der Waals surface area (Å²) < 4.78 is 21.7. The molecule has 0 aromatic carbocycles. The number of aliphatic carboxylic acids is 1. The average molecular weight is 235 g/mol. The van der Waals surface area contributed by atoms with Crippen molar-refractivity contribution in [3.8, 4) is 0 Å². The lowest BCUT2D eigenvalue weighted by atomic mass is 10.4. The monoisotopic (exact) mass is 235 g/mol. The second-order valence-corrected chi connectivity index (χ2v) is 5.66. The van der Waals surface area contributed by atoms with Crippen molar-refractivity contribution < 1.29 is 18.3 Å². The Morgan fingerprint density at radius 3 is 2.53 bits per heavy atom. The molecule has 0 amide bonds. The van der Waals surface area contributed by atoms with Gasteiger partial charge in [0.05, 0.1) is 12.3 Å². The number of nitrogens with zero attached hydrogens (tertiary/aromatic N) is 1. The Morgan fingerprint density at radius 2 is 2.13 bits per heavy atom. The van der Waals surface area contributed by atoms with Crippen molar-refractivity contribution in [1.82, 2.24) is 4.90 Å². The molecule has 0 bridgehead atoms. The van der Waals surface area contributed by atoms with E-state index in [1.165, 1.54) is 6.26 Å². The SMILES string of the molecule is C=CCN(CCCS(C)(=O)=O)CC(=O)O. The van der Waals surface area contributed by atoms with E-state index in [1.54, 1.807) is 11.0 Å². The summed E-state index contributed by atoms with van der Waals surface area (Å²) in [5.41, 5.74) is 0. The van der Waals surface area contributed by atoms with Crippen LogP contribution in [0.4, 0.5) is 0 Å². The smallest absolute Gasteiger partial charge is 0.317 e. The molecule has 6 heteroatoms. The van der Waals surface area contributed by atoms with Crippen LogP contribution in [0.25, 0.3) is 0 Å². The Hall–Kier alpha value is -0.880. The molecule has 0 aromatic heterocycles. The summed E-state index contributed by atoms with van der Waals surface area (Å²) >= 11 is 0. The van der Waals surface area contributed by atoms with E-state index in [0.29, 0.717) is 19.5 Å². The van der Waals surface area contributed by atoms with Crippen LogP contribution in [0.2, 0.25) is 0 Å². The van der Waals surface area contributed by atoms with Gasteiger partial charge >= 0.3 is 5.97 Å². The number of carbonyl (C=O) groups is 1. The van der Waals surface area contributed by atoms with Crippen LogP contribution in [0, 0.1) is 0 Å². The summed E-state index contributed by atoms with van der Waals surface area (Å²) in [5.74, 6) is -0.837. The van der Waals surface area contributed by atoms with E-state index in [9.17, 15) is 13.2 Å². The van der Waals surface area contributed by atoms with E-state index in [4.69, 9.17) is 5.11 Å². The van der Waals surface area contributed by atoms with E-state index in [1.807, 2.05) is 0 Å². The molecule has 0 fully saturated rings. The van der Waals surface area contributed by atoms with Gasteiger partial charge in [-0.2, -0.15) is 0 Å². The summed E-state index contributed by atoms with van der Waals surface area (Å²) in [6, 6.07) is 0. The lowest BCUT2D eigenvalue weighted by Crippen LogP contribution is -2.31. The van der Waals surface area contributed by atoms with Gasteiger partial charge in [-0.25, -0.2) is 8.42 Å². The summed E-state index contributed by atoms with van der Waals surface area (Å²) in [4.78, 5) is 12.1. The summed E-state index contributed by atoms with van der Waals surface area (Å²) in [7, 11) is -2.96. The lowest BCUT2D eigenvalue weighted by Gasteiger charge is -2.17. The van der Waals surface area contributed by atoms with Crippen molar-refractivity contribution in [1.29, 1.82) is 0 Å². The standard InChI is InChI=1S/C9H17NO4S/c1-3-5-10(8-9(11)12)6-4-7-15(2,13)14/h3H,1,4-8H2,2H3,(H,11,12). The minimum Gasteiger partial charge on any atom is -0.480 e.